The van der Waals surface area contributed by atoms with E-state index >= 15 is 0 Å². The van der Waals surface area contributed by atoms with Crippen LogP contribution in [0.5, 0.6) is 11.5 Å². The Labute approximate surface area is 173 Å². The van der Waals surface area contributed by atoms with E-state index in [1.54, 1.807) is 25.0 Å². The molecule has 0 bridgehead atoms. The third-order valence-corrected chi connectivity index (χ3v) is 4.92. The lowest BCUT2D eigenvalue weighted by Gasteiger charge is -2.25. The van der Waals surface area contributed by atoms with Gasteiger partial charge in [0.1, 0.15) is 17.2 Å². The number of carbonyl (C=O) groups is 2. The van der Waals surface area contributed by atoms with Crippen LogP contribution in [0, 0.1) is 0 Å². The van der Waals surface area contributed by atoms with Crippen LogP contribution in [0.15, 0.2) is 47.5 Å². The topological polar surface area (TPSA) is 83.5 Å². The predicted octanol–water partition coefficient (Wildman–Crippen LogP) is 3.61. The van der Waals surface area contributed by atoms with Crippen LogP contribution in [0.3, 0.4) is 0 Å². The van der Waals surface area contributed by atoms with Gasteiger partial charge in [0.2, 0.25) is 0 Å². The second-order valence-electron chi connectivity index (χ2n) is 6.32. The van der Waals surface area contributed by atoms with E-state index in [9.17, 15) is 9.59 Å². The highest BCUT2D eigenvalue weighted by Gasteiger charge is 2.40. The molecule has 1 aliphatic rings. The molecule has 1 saturated heterocycles. The number of rotatable bonds is 4. The van der Waals surface area contributed by atoms with E-state index in [1.807, 2.05) is 30.3 Å². The summed E-state index contributed by atoms with van der Waals surface area (Å²) in [6.45, 7) is 1.80. The highest BCUT2D eigenvalue weighted by atomic mass is 35.5. The Morgan fingerprint density at radius 1 is 1.14 bits per heavy atom. The summed E-state index contributed by atoms with van der Waals surface area (Å²) in [5, 5.41) is 6.13. The lowest BCUT2D eigenvalue weighted by atomic mass is 10.2. The van der Waals surface area contributed by atoms with Gasteiger partial charge in [-0.2, -0.15) is 4.99 Å². The standard InChI is InChI=1S/C20H21ClN4O4/c1-12-18(19(26)25(24(12)2)13-8-6-5-7-9-13)23-20(27)22-15-10-14(21)16(28-3)11-17(15)29-4/h5-12H,1-4H3,(H,22,27). The lowest BCUT2D eigenvalue weighted by Crippen LogP contribution is -2.38. The zero-order valence-electron chi connectivity index (χ0n) is 16.5. The number of methoxy groups -OCH3 is 2. The fourth-order valence-electron chi connectivity index (χ4n) is 3.00. The van der Waals surface area contributed by atoms with Crippen LogP contribution >= 0.6 is 11.6 Å². The molecule has 1 aliphatic heterocycles. The van der Waals surface area contributed by atoms with Gasteiger partial charge in [0.15, 0.2) is 0 Å². The number of aliphatic imine (C=N–C) groups is 1. The summed E-state index contributed by atoms with van der Waals surface area (Å²) in [5.74, 6) is 0.405. The number of para-hydroxylation sites is 1. The molecule has 1 unspecified atom stereocenters. The summed E-state index contributed by atoms with van der Waals surface area (Å²) in [7, 11) is 4.70. The van der Waals surface area contributed by atoms with Crippen molar-refractivity contribution in [1.82, 2.24) is 5.01 Å². The average Bonchev–Trinajstić information content (AvgIpc) is 2.92. The van der Waals surface area contributed by atoms with Gasteiger partial charge >= 0.3 is 6.03 Å². The van der Waals surface area contributed by atoms with Crippen LogP contribution in [0.1, 0.15) is 6.92 Å². The second kappa shape index (κ2) is 8.50. The number of ether oxygens (including phenoxy) is 2. The second-order valence-corrected chi connectivity index (χ2v) is 6.72. The Bertz CT molecular complexity index is 964. The van der Waals surface area contributed by atoms with Crippen LogP contribution in [0.25, 0.3) is 0 Å². The van der Waals surface area contributed by atoms with Gasteiger partial charge in [0, 0.05) is 13.1 Å². The van der Waals surface area contributed by atoms with Crippen LogP contribution in [0.4, 0.5) is 16.2 Å². The zero-order chi connectivity index (χ0) is 21.1. The molecule has 3 amide bonds. The van der Waals surface area contributed by atoms with Crippen molar-refractivity contribution >= 4 is 40.6 Å². The van der Waals surface area contributed by atoms with Gasteiger partial charge in [0.25, 0.3) is 5.91 Å². The first-order chi connectivity index (χ1) is 13.9. The van der Waals surface area contributed by atoms with E-state index in [0.717, 1.165) is 0 Å². The Hall–Kier alpha value is -3.10. The highest BCUT2D eigenvalue weighted by Crippen LogP contribution is 2.36. The van der Waals surface area contributed by atoms with Crippen LogP contribution < -0.4 is 19.8 Å². The predicted molar refractivity (Wildman–Crippen MR) is 112 cm³/mol. The molecule has 9 heteroatoms. The largest absolute Gasteiger partial charge is 0.495 e. The number of anilines is 2. The summed E-state index contributed by atoms with van der Waals surface area (Å²) >= 11 is 6.13. The first-order valence-corrected chi connectivity index (χ1v) is 9.18. The fraction of sp³-hybridized carbons (Fsp3) is 0.250. The maximum absolute atomic E-state index is 12.9. The molecule has 1 heterocycles. The monoisotopic (exact) mass is 416 g/mol. The molecule has 0 saturated carbocycles. The first kappa shape index (κ1) is 20.6. The molecule has 0 aromatic heterocycles. The minimum atomic E-state index is -0.706. The van der Waals surface area contributed by atoms with E-state index in [-0.39, 0.29) is 17.7 Å². The van der Waals surface area contributed by atoms with Crippen LogP contribution in [0.2, 0.25) is 5.02 Å². The molecule has 1 N–H and O–H groups in total. The summed E-state index contributed by atoms with van der Waals surface area (Å²) in [6.07, 6.45) is 0. The zero-order valence-corrected chi connectivity index (χ0v) is 17.2. The minimum absolute atomic E-state index is 0.132. The molecule has 2 aromatic rings. The van der Waals surface area contributed by atoms with Crippen molar-refractivity contribution in [2.45, 2.75) is 13.0 Å². The van der Waals surface area contributed by atoms with Gasteiger partial charge in [-0.15, -0.1) is 0 Å². The van der Waals surface area contributed by atoms with Crippen molar-refractivity contribution in [1.29, 1.82) is 0 Å². The molecule has 152 valence electrons. The van der Waals surface area contributed by atoms with Gasteiger partial charge in [-0.1, -0.05) is 29.8 Å². The van der Waals surface area contributed by atoms with Crippen molar-refractivity contribution in [3.05, 3.63) is 47.5 Å². The number of hydrogen-bond acceptors (Lipinski definition) is 5. The van der Waals surface area contributed by atoms with Gasteiger partial charge in [-0.25, -0.2) is 14.8 Å². The van der Waals surface area contributed by atoms with Crippen molar-refractivity contribution in [2.24, 2.45) is 4.99 Å². The van der Waals surface area contributed by atoms with E-state index in [4.69, 9.17) is 21.1 Å². The average molecular weight is 417 g/mol. The molecule has 0 radical (unpaired) electrons. The summed E-state index contributed by atoms with van der Waals surface area (Å²) in [5.41, 5.74) is 1.15. The fourth-order valence-corrected chi connectivity index (χ4v) is 3.24. The molecule has 0 spiro atoms. The summed E-state index contributed by atoms with van der Waals surface area (Å²) in [4.78, 5) is 29.4. The van der Waals surface area contributed by atoms with Crippen molar-refractivity contribution < 1.29 is 19.1 Å². The molecule has 1 fully saturated rings. The molecule has 1 atom stereocenters. The number of hydrazine groups is 1. The lowest BCUT2D eigenvalue weighted by molar-refractivity contribution is -0.113. The van der Waals surface area contributed by atoms with Crippen LogP contribution in [-0.2, 0) is 4.79 Å². The van der Waals surface area contributed by atoms with E-state index < -0.39 is 6.03 Å². The number of nitrogens with one attached hydrogen (secondary N) is 1. The first-order valence-electron chi connectivity index (χ1n) is 8.80. The van der Waals surface area contributed by atoms with Gasteiger partial charge in [-0.05, 0) is 25.1 Å². The molecule has 2 aromatic carbocycles. The number of benzene rings is 2. The quantitative estimate of drug-likeness (QED) is 0.823. The number of nitrogens with zero attached hydrogens (tertiary/aromatic N) is 3. The van der Waals surface area contributed by atoms with Crippen molar-refractivity contribution in [3.8, 4) is 11.5 Å². The van der Waals surface area contributed by atoms with Gasteiger partial charge < -0.3 is 14.8 Å². The SMILES string of the molecule is COc1cc(OC)c(NC(=O)N=C2C(=O)N(c3ccccc3)N(C)C2C)cc1Cl. The summed E-state index contributed by atoms with van der Waals surface area (Å²) in [6, 6.07) is 11.1. The molecule has 8 nitrogen and oxygen atoms in total. The molecule has 29 heavy (non-hydrogen) atoms. The third kappa shape index (κ3) is 4.03. The molecular formula is C20H21ClN4O4. The Balaban J connectivity index is 1.86. The number of carbonyl (C=O) groups excluding carboxylic acids is 2. The van der Waals surface area contributed by atoms with E-state index in [1.165, 1.54) is 25.3 Å². The Morgan fingerprint density at radius 2 is 1.79 bits per heavy atom. The summed E-state index contributed by atoms with van der Waals surface area (Å²) < 4.78 is 10.4. The van der Waals surface area contributed by atoms with Crippen molar-refractivity contribution in [3.63, 3.8) is 0 Å². The van der Waals surface area contributed by atoms with Crippen LogP contribution in [-0.4, -0.2) is 50.0 Å². The van der Waals surface area contributed by atoms with Crippen molar-refractivity contribution in [2.75, 3.05) is 31.6 Å². The Kier molecular flexibility index (Phi) is 6.05. The number of hydrogen-bond donors (Lipinski definition) is 1. The molecular weight excluding hydrogens is 396 g/mol. The minimum Gasteiger partial charge on any atom is -0.495 e. The maximum atomic E-state index is 12.9. The van der Waals surface area contributed by atoms with Gasteiger partial charge in [-0.3, -0.25) is 4.79 Å². The normalized spacial score (nSPS) is 18.2. The van der Waals surface area contributed by atoms with Gasteiger partial charge in [0.05, 0.1) is 36.7 Å². The van der Waals surface area contributed by atoms with E-state index in [2.05, 4.69) is 10.3 Å². The molecule has 3 rings (SSSR count). The number of halogens is 1. The maximum Gasteiger partial charge on any atom is 0.345 e. The van der Waals surface area contributed by atoms with E-state index in [0.29, 0.717) is 27.9 Å². The number of amides is 3. The highest BCUT2D eigenvalue weighted by molar-refractivity contribution is 6.48. The smallest absolute Gasteiger partial charge is 0.345 e. The third-order valence-electron chi connectivity index (χ3n) is 4.62. The number of urea groups is 1. The molecule has 0 aliphatic carbocycles. The Morgan fingerprint density at radius 3 is 2.41 bits per heavy atom.